The van der Waals surface area contributed by atoms with E-state index in [1.165, 1.54) is 70.4 Å². The van der Waals surface area contributed by atoms with E-state index in [9.17, 15) is 0 Å². The molecule has 0 atom stereocenters. The Hall–Kier alpha value is -5.44. The second kappa shape index (κ2) is 10.8. The fourth-order valence-electron chi connectivity index (χ4n) is 7.57. The number of anilines is 3. The number of nitrogens with zero attached hydrogens (tertiary/aromatic N) is 1. The maximum atomic E-state index is 2.40. The molecule has 9 rings (SSSR count). The van der Waals surface area contributed by atoms with Crippen LogP contribution in [0.2, 0.25) is 0 Å². The predicted octanol–water partition coefficient (Wildman–Crippen LogP) is 13.2. The number of benzene rings is 7. The molecule has 0 bridgehead atoms. The van der Waals surface area contributed by atoms with Gasteiger partial charge in [0, 0.05) is 48.2 Å². The first kappa shape index (κ1) is 27.8. The number of hydrogen-bond donors (Lipinski definition) is 0. The van der Waals surface area contributed by atoms with Gasteiger partial charge in [0.05, 0.1) is 0 Å². The molecule has 0 aliphatic heterocycles. The van der Waals surface area contributed by atoms with E-state index in [1.54, 1.807) is 0 Å². The maximum Gasteiger partial charge on any atom is 0.0465 e. The Morgan fingerprint density at radius 1 is 0.426 bits per heavy atom. The molecular weight excluding hydrogens is 587 g/mol. The minimum atomic E-state index is -0.0604. The molecule has 0 radical (unpaired) electrons. The van der Waals surface area contributed by atoms with E-state index in [-0.39, 0.29) is 5.41 Å². The average Bonchev–Trinajstić information content (AvgIpc) is 3.62. The van der Waals surface area contributed by atoms with Gasteiger partial charge in [-0.15, -0.1) is 11.3 Å². The van der Waals surface area contributed by atoms with Crippen molar-refractivity contribution < 1.29 is 0 Å². The van der Waals surface area contributed by atoms with Crippen molar-refractivity contribution in [3.05, 3.63) is 175 Å². The molecule has 2 heteroatoms. The van der Waals surface area contributed by atoms with Crippen LogP contribution < -0.4 is 4.90 Å². The van der Waals surface area contributed by atoms with Crippen LogP contribution in [0.1, 0.15) is 25.0 Å². The number of hydrogen-bond acceptors (Lipinski definition) is 2. The first-order valence-corrected chi connectivity index (χ1v) is 17.1. The van der Waals surface area contributed by atoms with E-state index < -0.39 is 0 Å². The summed E-state index contributed by atoms with van der Waals surface area (Å²) in [6.45, 7) is 4.69. The smallest absolute Gasteiger partial charge is 0.0465 e. The quantitative estimate of drug-likeness (QED) is 0.185. The van der Waals surface area contributed by atoms with Gasteiger partial charge in [0.15, 0.2) is 0 Å². The fraction of sp³-hybridized carbons (Fsp3) is 0.0667. The largest absolute Gasteiger partial charge is 0.310 e. The molecule has 0 spiro atoms. The zero-order valence-electron chi connectivity index (χ0n) is 26.4. The average molecular weight is 620 g/mol. The lowest BCUT2D eigenvalue weighted by atomic mass is 9.82. The van der Waals surface area contributed by atoms with Gasteiger partial charge in [-0.05, 0) is 81.4 Å². The number of fused-ring (bicyclic) bond motifs is 6. The maximum absolute atomic E-state index is 2.40. The Morgan fingerprint density at radius 2 is 1.02 bits per heavy atom. The third-order valence-electron chi connectivity index (χ3n) is 9.90. The van der Waals surface area contributed by atoms with Crippen LogP contribution in [0, 0.1) is 0 Å². The van der Waals surface area contributed by atoms with Crippen LogP contribution in [-0.4, -0.2) is 0 Å². The van der Waals surface area contributed by atoms with Gasteiger partial charge in [-0.25, -0.2) is 0 Å². The molecule has 8 aromatic rings. The molecule has 47 heavy (non-hydrogen) atoms. The predicted molar refractivity (Wildman–Crippen MR) is 202 cm³/mol. The Morgan fingerprint density at radius 3 is 1.85 bits per heavy atom. The van der Waals surface area contributed by atoms with E-state index >= 15 is 0 Å². The highest BCUT2D eigenvalue weighted by Gasteiger charge is 2.35. The summed E-state index contributed by atoms with van der Waals surface area (Å²) >= 11 is 1.89. The SMILES string of the molecule is CC1(C)c2ccccc2-c2ccc(N(c3ccccc3)c3ccc(-c4ccccc4-c4cccc5c4sc4ccccc45)cc3)cc21. The van der Waals surface area contributed by atoms with E-state index in [1.807, 2.05) is 11.3 Å². The lowest BCUT2D eigenvalue weighted by Gasteiger charge is -2.28. The summed E-state index contributed by atoms with van der Waals surface area (Å²) in [6.07, 6.45) is 0. The van der Waals surface area contributed by atoms with Gasteiger partial charge in [-0.1, -0.05) is 135 Å². The van der Waals surface area contributed by atoms with Crippen molar-refractivity contribution in [2.45, 2.75) is 19.3 Å². The van der Waals surface area contributed by atoms with Crippen LogP contribution in [0.15, 0.2) is 164 Å². The highest BCUT2D eigenvalue weighted by molar-refractivity contribution is 7.26. The first-order valence-electron chi connectivity index (χ1n) is 16.3. The summed E-state index contributed by atoms with van der Waals surface area (Å²) in [7, 11) is 0. The fourth-order valence-corrected chi connectivity index (χ4v) is 8.81. The molecule has 0 unspecified atom stereocenters. The summed E-state index contributed by atoms with van der Waals surface area (Å²) in [5.41, 5.74) is 13.8. The van der Waals surface area contributed by atoms with E-state index in [0.29, 0.717) is 0 Å². The molecule has 0 N–H and O–H groups in total. The highest BCUT2D eigenvalue weighted by Crippen LogP contribution is 2.51. The van der Waals surface area contributed by atoms with Gasteiger partial charge in [-0.3, -0.25) is 0 Å². The number of para-hydroxylation sites is 1. The van der Waals surface area contributed by atoms with E-state index in [4.69, 9.17) is 0 Å². The summed E-state index contributed by atoms with van der Waals surface area (Å²) in [6, 6.07) is 60.0. The van der Waals surface area contributed by atoms with Crippen molar-refractivity contribution in [1.82, 2.24) is 0 Å². The van der Waals surface area contributed by atoms with E-state index in [2.05, 4.69) is 183 Å². The summed E-state index contributed by atoms with van der Waals surface area (Å²) < 4.78 is 2.67. The van der Waals surface area contributed by atoms with Crippen molar-refractivity contribution in [2.24, 2.45) is 0 Å². The van der Waals surface area contributed by atoms with Crippen LogP contribution in [0.4, 0.5) is 17.1 Å². The Labute approximate surface area is 280 Å². The zero-order valence-corrected chi connectivity index (χ0v) is 27.3. The van der Waals surface area contributed by atoms with Gasteiger partial charge in [-0.2, -0.15) is 0 Å². The van der Waals surface area contributed by atoms with Crippen LogP contribution in [-0.2, 0) is 5.41 Å². The van der Waals surface area contributed by atoms with Crippen molar-refractivity contribution in [2.75, 3.05) is 4.90 Å². The van der Waals surface area contributed by atoms with Crippen LogP contribution in [0.25, 0.3) is 53.6 Å². The molecule has 1 heterocycles. The lowest BCUT2D eigenvalue weighted by Crippen LogP contribution is -2.16. The second-order valence-corrected chi connectivity index (χ2v) is 14.0. The highest BCUT2D eigenvalue weighted by atomic mass is 32.1. The van der Waals surface area contributed by atoms with Gasteiger partial charge in [0.2, 0.25) is 0 Å². The minimum absolute atomic E-state index is 0.0604. The molecule has 224 valence electrons. The lowest BCUT2D eigenvalue weighted by molar-refractivity contribution is 0.660. The van der Waals surface area contributed by atoms with Gasteiger partial charge >= 0.3 is 0 Å². The van der Waals surface area contributed by atoms with Crippen LogP contribution in [0.3, 0.4) is 0 Å². The first-order chi connectivity index (χ1) is 23.1. The molecule has 0 saturated carbocycles. The molecular formula is C45H33NS. The number of thiophene rings is 1. The van der Waals surface area contributed by atoms with Gasteiger partial charge in [0.1, 0.15) is 0 Å². The van der Waals surface area contributed by atoms with Crippen LogP contribution >= 0.6 is 11.3 Å². The zero-order chi connectivity index (χ0) is 31.5. The molecule has 1 aliphatic rings. The molecule has 7 aromatic carbocycles. The summed E-state index contributed by atoms with van der Waals surface area (Å²) in [5, 5.41) is 2.66. The summed E-state index contributed by atoms with van der Waals surface area (Å²) in [4.78, 5) is 2.38. The van der Waals surface area contributed by atoms with Gasteiger partial charge in [0.25, 0.3) is 0 Å². The number of rotatable bonds is 5. The molecule has 1 nitrogen and oxygen atoms in total. The monoisotopic (exact) mass is 619 g/mol. The minimum Gasteiger partial charge on any atom is -0.310 e. The Balaban J connectivity index is 1.14. The molecule has 0 saturated heterocycles. The molecule has 1 aromatic heterocycles. The van der Waals surface area contributed by atoms with Crippen molar-refractivity contribution in [1.29, 1.82) is 0 Å². The molecule has 1 aliphatic carbocycles. The van der Waals surface area contributed by atoms with Crippen molar-refractivity contribution in [3.63, 3.8) is 0 Å². The third kappa shape index (κ3) is 4.44. The molecule has 0 amide bonds. The van der Waals surface area contributed by atoms with E-state index in [0.717, 1.165) is 11.4 Å². The Kier molecular flexibility index (Phi) is 6.41. The topological polar surface area (TPSA) is 3.24 Å². The van der Waals surface area contributed by atoms with Crippen LogP contribution in [0.5, 0.6) is 0 Å². The third-order valence-corrected chi connectivity index (χ3v) is 11.1. The Bertz CT molecular complexity index is 2430. The second-order valence-electron chi connectivity index (χ2n) is 12.9. The van der Waals surface area contributed by atoms with Crippen molar-refractivity contribution >= 4 is 48.6 Å². The standard InChI is InChI=1S/C45H33NS/c1-45(2)41-21-10-8-17-36(41)37-28-27-33(29-42(37)45)46(31-13-4-3-5-14-31)32-25-23-30(24-26-32)34-15-6-7-16-35(34)39-19-12-20-40-38-18-9-11-22-43(38)47-44(39)40/h3-29H,1-2H3. The van der Waals surface area contributed by atoms with Crippen molar-refractivity contribution in [3.8, 4) is 33.4 Å². The molecule has 0 fully saturated rings. The normalized spacial score (nSPS) is 13.1. The van der Waals surface area contributed by atoms with Gasteiger partial charge < -0.3 is 4.90 Å². The summed E-state index contributed by atoms with van der Waals surface area (Å²) in [5.74, 6) is 0.